The van der Waals surface area contributed by atoms with Crippen LogP contribution in [0, 0.1) is 5.92 Å². The van der Waals surface area contributed by atoms with Crippen LogP contribution in [0.3, 0.4) is 0 Å². The number of carbonyl (C=O) groups is 5. The monoisotopic (exact) mass is 444 g/mol. The van der Waals surface area contributed by atoms with E-state index in [9.17, 15) is 29.1 Å². The SMILES string of the molecule is CC(N)C(=O)NC(C(=O)NC(CCCCN)C(=O)NC(CCC(N)=O)C(=O)O)C(C)C. The van der Waals surface area contributed by atoms with Gasteiger partial charge in [0.1, 0.15) is 18.1 Å². The molecule has 10 N–H and O–H groups in total. The topological polar surface area (TPSA) is 220 Å². The number of nitrogens with two attached hydrogens (primary N) is 3. The second-order valence-corrected chi connectivity index (χ2v) is 7.77. The highest BCUT2D eigenvalue weighted by Crippen LogP contribution is 2.07. The first-order valence-corrected chi connectivity index (χ1v) is 10.3. The number of unbranched alkanes of at least 4 members (excludes halogenated alkanes) is 1. The fourth-order valence-corrected chi connectivity index (χ4v) is 2.66. The Bertz CT molecular complexity index is 639. The number of rotatable bonds is 15. The Labute approximate surface area is 182 Å². The van der Waals surface area contributed by atoms with Gasteiger partial charge in [0, 0.05) is 6.42 Å². The molecule has 0 radical (unpaired) electrons. The van der Waals surface area contributed by atoms with Crippen LogP contribution in [0.2, 0.25) is 0 Å². The number of hydrogen-bond donors (Lipinski definition) is 7. The third kappa shape index (κ3) is 11.3. The zero-order valence-corrected chi connectivity index (χ0v) is 18.3. The van der Waals surface area contributed by atoms with E-state index in [0.29, 0.717) is 19.4 Å². The smallest absolute Gasteiger partial charge is 0.326 e. The van der Waals surface area contributed by atoms with Crippen molar-refractivity contribution in [2.24, 2.45) is 23.1 Å². The van der Waals surface area contributed by atoms with E-state index in [1.165, 1.54) is 6.92 Å². The highest BCUT2D eigenvalue weighted by molar-refractivity contribution is 5.94. The molecule has 0 aromatic rings. The molecule has 0 saturated heterocycles. The molecule has 0 aromatic carbocycles. The molecule has 0 spiro atoms. The lowest BCUT2D eigenvalue weighted by atomic mass is 10.0. The van der Waals surface area contributed by atoms with E-state index in [1.54, 1.807) is 13.8 Å². The first kappa shape index (κ1) is 28.3. The summed E-state index contributed by atoms with van der Waals surface area (Å²) in [7, 11) is 0. The predicted octanol–water partition coefficient (Wildman–Crippen LogP) is -2.08. The lowest BCUT2D eigenvalue weighted by molar-refractivity contribution is -0.142. The molecule has 4 unspecified atom stereocenters. The minimum Gasteiger partial charge on any atom is -0.480 e. The van der Waals surface area contributed by atoms with Crippen molar-refractivity contribution in [3.8, 4) is 0 Å². The van der Waals surface area contributed by atoms with Gasteiger partial charge in [-0.2, -0.15) is 0 Å². The van der Waals surface area contributed by atoms with Crippen LogP contribution in [0.4, 0.5) is 0 Å². The number of carboxylic acid groups (broad SMARTS) is 1. The van der Waals surface area contributed by atoms with E-state index in [1.807, 2.05) is 0 Å². The van der Waals surface area contributed by atoms with Crippen molar-refractivity contribution in [2.75, 3.05) is 6.54 Å². The molecule has 0 aromatic heterocycles. The summed E-state index contributed by atoms with van der Waals surface area (Å²) in [6, 6.07) is -4.15. The van der Waals surface area contributed by atoms with Crippen LogP contribution in [0.15, 0.2) is 0 Å². The maximum Gasteiger partial charge on any atom is 0.326 e. The van der Waals surface area contributed by atoms with Gasteiger partial charge >= 0.3 is 5.97 Å². The molecular weight excluding hydrogens is 408 g/mol. The van der Waals surface area contributed by atoms with Crippen molar-refractivity contribution < 1.29 is 29.1 Å². The maximum atomic E-state index is 12.8. The van der Waals surface area contributed by atoms with Gasteiger partial charge < -0.3 is 38.3 Å². The zero-order valence-electron chi connectivity index (χ0n) is 18.3. The average Bonchev–Trinajstić information content (AvgIpc) is 2.67. The van der Waals surface area contributed by atoms with E-state index in [2.05, 4.69) is 16.0 Å². The summed E-state index contributed by atoms with van der Waals surface area (Å²) in [5.74, 6) is -4.15. The van der Waals surface area contributed by atoms with Crippen molar-refractivity contribution in [2.45, 2.75) is 77.0 Å². The minimum absolute atomic E-state index is 0.182. The molecule has 0 bridgehead atoms. The summed E-state index contributed by atoms with van der Waals surface area (Å²) in [5, 5.41) is 16.8. The first-order chi connectivity index (χ1) is 14.4. The van der Waals surface area contributed by atoms with Crippen molar-refractivity contribution in [1.82, 2.24) is 16.0 Å². The number of aliphatic carboxylic acids is 1. The van der Waals surface area contributed by atoms with Gasteiger partial charge in [0.25, 0.3) is 0 Å². The number of carboxylic acids is 1. The molecule has 12 heteroatoms. The highest BCUT2D eigenvalue weighted by Gasteiger charge is 2.31. The van der Waals surface area contributed by atoms with Crippen molar-refractivity contribution in [3.05, 3.63) is 0 Å². The number of amides is 4. The first-order valence-electron chi connectivity index (χ1n) is 10.3. The molecule has 31 heavy (non-hydrogen) atoms. The summed E-state index contributed by atoms with van der Waals surface area (Å²) >= 11 is 0. The Hall–Kier alpha value is -2.73. The van der Waals surface area contributed by atoms with Crippen LogP contribution in [0.5, 0.6) is 0 Å². The number of hydrogen-bond acceptors (Lipinski definition) is 7. The lowest BCUT2D eigenvalue weighted by Crippen LogP contribution is -2.58. The van der Waals surface area contributed by atoms with Gasteiger partial charge in [-0.15, -0.1) is 0 Å². The average molecular weight is 445 g/mol. The molecule has 0 saturated carbocycles. The van der Waals surface area contributed by atoms with Crippen molar-refractivity contribution in [1.29, 1.82) is 0 Å². The zero-order chi connectivity index (χ0) is 24.1. The largest absolute Gasteiger partial charge is 0.480 e. The molecule has 4 amide bonds. The third-order valence-corrected chi connectivity index (χ3v) is 4.53. The van der Waals surface area contributed by atoms with Crippen molar-refractivity contribution in [3.63, 3.8) is 0 Å². The Morgan fingerprint density at radius 1 is 0.839 bits per heavy atom. The molecular formula is C19H36N6O6. The van der Waals surface area contributed by atoms with Gasteiger partial charge in [0.05, 0.1) is 6.04 Å². The van der Waals surface area contributed by atoms with Crippen LogP contribution >= 0.6 is 0 Å². The van der Waals surface area contributed by atoms with Crippen LogP contribution in [-0.4, -0.2) is 65.4 Å². The van der Waals surface area contributed by atoms with E-state index < -0.39 is 53.8 Å². The second kappa shape index (κ2) is 14.3. The molecule has 0 aliphatic heterocycles. The summed E-state index contributed by atoms with van der Waals surface area (Å²) in [6.45, 7) is 5.31. The molecule has 0 rings (SSSR count). The Kier molecular flexibility index (Phi) is 13.0. The number of carbonyl (C=O) groups excluding carboxylic acids is 4. The predicted molar refractivity (Wildman–Crippen MR) is 113 cm³/mol. The third-order valence-electron chi connectivity index (χ3n) is 4.53. The molecule has 12 nitrogen and oxygen atoms in total. The Morgan fingerprint density at radius 3 is 1.87 bits per heavy atom. The van der Waals surface area contributed by atoms with Crippen LogP contribution < -0.4 is 33.2 Å². The molecule has 0 heterocycles. The van der Waals surface area contributed by atoms with Crippen molar-refractivity contribution >= 4 is 29.6 Å². The van der Waals surface area contributed by atoms with Gasteiger partial charge in [-0.05, 0) is 45.1 Å². The van der Waals surface area contributed by atoms with Crippen LogP contribution in [0.1, 0.15) is 52.9 Å². The summed E-state index contributed by atoms with van der Waals surface area (Å²) in [4.78, 5) is 59.8. The normalized spacial score (nSPS) is 14.8. The van der Waals surface area contributed by atoms with E-state index in [4.69, 9.17) is 17.2 Å². The Balaban J connectivity index is 5.38. The van der Waals surface area contributed by atoms with E-state index in [0.717, 1.165) is 0 Å². The minimum atomic E-state index is -1.34. The Morgan fingerprint density at radius 2 is 1.42 bits per heavy atom. The summed E-state index contributed by atoms with van der Waals surface area (Å²) < 4.78 is 0. The molecule has 0 fully saturated rings. The fourth-order valence-electron chi connectivity index (χ4n) is 2.66. The molecule has 0 aliphatic rings. The van der Waals surface area contributed by atoms with Gasteiger partial charge in [-0.3, -0.25) is 19.2 Å². The van der Waals surface area contributed by atoms with Gasteiger partial charge in [0.15, 0.2) is 0 Å². The van der Waals surface area contributed by atoms with E-state index in [-0.39, 0.29) is 25.2 Å². The van der Waals surface area contributed by atoms with E-state index >= 15 is 0 Å². The second-order valence-electron chi connectivity index (χ2n) is 7.77. The number of nitrogens with one attached hydrogen (secondary N) is 3. The van der Waals surface area contributed by atoms with Crippen LogP contribution in [-0.2, 0) is 24.0 Å². The van der Waals surface area contributed by atoms with Gasteiger partial charge in [-0.25, -0.2) is 4.79 Å². The molecule has 0 aliphatic carbocycles. The fraction of sp³-hybridized carbons (Fsp3) is 0.737. The molecule has 4 atom stereocenters. The highest BCUT2D eigenvalue weighted by atomic mass is 16.4. The quantitative estimate of drug-likeness (QED) is 0.139. The van der Waals surface area contributed by atoms with Crippen LogP contribution in [0.25, 0.3) is 0 Å². The summed E-state index contributed by atoms with van der Waals surface area (Å²) in [5.41, 5.74) is 16.1. The standard InChI is InChI=1S/C19H36N6O6/c1-10(2)15(25-16(27)11(3)21)18(29)23-12(6-4-5-9-20)17(28)24-13(19(30)31)7-8-14(22)26/h10-13,15H,4-9,20-21H2,1-3H3,(H2,22,26)(H,23,29)(H,24,28)(H,25,27)(H,30,31). The summed E-state index contributed by atoms with van der Waals surface area (Å²) in [6.07, 6.45) is 0.910. The lowest BCUT2D eigenvalue weighted by Gasteiger charge is -2.26. The number of primary amides is 1. The maximum absolute atomic E-state index is 12.8. The van der Waals surface area contributed by atoms with Gasteiger partial charge in [-0.1, -0.05) is 13.8 Å². The van der Waals surface area contributed by atoms with Gasteiger partial charge in [0.2, 0.25) is 23.6 Å². The molecule has 178 valence electrons.